The van der Waals surface area contributed by atoms with Crippen LogP contribution in [0.3, 0.4) is 0 Å². The van der Waals surface area contributed by atoms with E-state index in [1.165, 1.54) is 21.4 Å². The number of nitrogens with one attached hydrogen (secondary N) is 1. The molecule has 1 amide bonds. The second-order valence-corrected chi connectivity index (χ2v) is 7.18. The highest BCUT2D eigenvalue weighted by Gasteiger charge is 2.15. The summed E-state index contributed by atoms with van der Waals surface area (Å²) in [5.41, 5.74) is 1.79. The number of hydrogen-bond acceptors (Lipinski definition) is 5. The molecule has 124 valence electrons. The highest BCUT2D eigenvalue weighted by Crippen LogP contribution is 2.30. The van der Waals surface area contributed by atoms with Crippen LogP contribution in [0.25, 0.3) is 10.1 Å². The minimum atomic E-state index is -0.187. The number of carbonyl (C=O) groups excluding carboxylic acids is 1. The Kier molecular flexibility index (Phi) is 4.45. The molecule has 0 saturated heterocycles. The second-order valence-electron chi connectivity index (χ2n) is 5.36. The Morgan fingerprint density at radius 3 is 2.92 bits per heavy atom. The Balaban J connectivity index is 1.49. The van der Waals surface area contributed by atoms with Gasteiger partial charge in [-0.25, -0.2) is 0 Å². The number of anilines is 1. The summed E-state index contributed by atoms with van der Waals surface area (Å²) >= 11 is 3.06. The largest absolute Gasteiger partial charge is 0.487 e. The van der Waals surface area contributed by atoms with E-state index >= 15 is 0 Å². The molecule has 0 aliphatic heterocycles. The molecule has 0 fully saturated rings. The Bertz CT molecular complexity index is 1010. The standard InChI is InChI=1S/C19H14N2O2S2/c22-19(21-14-4-3-8-20-10-14)18-16(7-9-24-18)23-11-13-12-25-17-6-2-1-5-15(13)17/h1-10,12H,11H2,(H,21,22). The zero-order chi connectivity index (χ0) is 17.1. The van der Waals surface area contributed by atoms with E-state index in [2.05, 4.69) is 27.8 Å². The van der Waals surface area contributed by atoms with Gasteiger partial charge in [-0.05, 0) is 40.4 Å². The number of nitrogens with zero attached hydrogens (tertiary/aromatic N) is 1. The predicted octanol–water partition coefficient (Wildman–Crippen LogP) is 5.19. The van der Waals surface area contributed by atoms with Crippen molar-refractivity contribution in [2.45, 2.75) is 6.61 Å². The van der Waals surface area contributed by atoms with Crippen LogP contribution < -0.4 is 10.1 Å². The van der Waals surface area contributed by atoms with Gasteiger partial charge in [0.15, 0.2) is 0 Å². The first-order valence-electron chi connectivity index (χ1n) is 7.68. The van der Waals surface area contributed by atoms with Gasteiger partial charge in [-0.3, -0.25) is 9.78 Å². The first kappa shape index (κ1) is 15.8. The normalized spacial score (nSPS) is 10.7. The monoisotopic (exact) mass is 366 g/mol. The molecule has 0 aliphatic rings. The quantitative estimate of drug-likeness (QED) is 0.529. The molecule has 0 spiro atoms. The van der Waals surface area contributed by atoms with Crippen molar-refractivity contribution in [3.8, 4) is 5.75 Å². The van der Waals surface area contributed by atoms with Gasteiger partial charge in [0, 0.05) is 16.5 Å². The molecule has 0 unspecified atom stereocenters. The maximum Gasteiger partial charge on any atom is 0.269 e. The molecule has 0 aliphatic carbocycles. The second kappa shape index (κ2) is 7.04. The predicted molar refractivity (Wildman–Crippen MR) is 103 cm³/mol. The van der Waals surface area contributed by atoms with Crippen molar-refractivity contribution in [3.05, 3.63) is 76.1 Å². The van der Waals surface area contributed by atoms with Crippen LogP contribution in [-0.2, 0) is 6.61 Å². The van der Waals surface area contributed by atoms with Gasteiger partial charge in [0.25, 0.3) is 5.91 Å². The number of hydrogen-bond donors (Lipinski definition) is 1. The number of pyridine rings is 1. The summed E-state index contributed by atoms with van der Waals surface area (Å²) in [4.78, 5) is 17.0. The van der Waals surface area contributed by atoms with Crippen LogP contribution in [0.1, 0.15) is 15.2 Å². The fraction of sp³-hybridized carbons (Fsp3) is 0.0526. The van der Waals surface area contributed by atoms with Gasteiger partial charge in [0.1, 0.15) is 17.2 Å². The summed E-state index contributed by atoms with van der Waals surface area (Å²) in [6.07, 6.45) is 3.28. The van der Waals surface area contributed by atoms with Gasteiger partial charge in [0.05, 0.1) is 11.9 Å². The fourth-order valence-corrected chi connectivity index (χ4v) is 4.18. The first-order valence-corrected chi connectivity index (χ1v) is 9.44. The Hall–Kier alpha value is -2.70. The molecular weight excluding hydrogens is 352 g/mol. The van der Waals surface area contributed by atoms with Gasteiger partial charge < -0.3 is 10.1 Å². The highest BCUT2D eigenvalue weighted by molar-refractivity contribution is 7.17. The van der Waals surface area contributed by atoms with E-state index in [0.717, 1.165) is 5.56 Å². The molecular formula is C19H14N2O2S2. The van der Waals surface area contributed by atoms with Crippen LogP contribution in [0.5, 0.6) is 5.75 Å². The fourth-order valence-electron chi connectivity index (χ4n) is 2.50. The Morgan fingerprint density at radius 2 is 2.04 bits per heavy atom. The molecule has 0 atom stereocenters. The van der Waals surface area contributed by atoms with Crippen molar-refractivity contribution < 1.29 is 9.53 Å². The van der Waals surface area contributed by atoms with Crippen LogP contribution in [-0.4, -0.2) is 10.9 Å². The van der Waals surface area contributed by atoms with Gasteiger partial charge in [-0.1, -0.05) is 18.2 Å². The van der Waals surface area contributed by atoms with Crippen LogP contribution in [0, 0.1) is 0 Å². The highest BCUT2D eigenvalue weighted by atomic mass is 32.1. The molecule has 0 saturated carbocycles. The zero-order valence-corrected chi connectivity index (χ0v) is 14.8. The van der Waals surface area contributed by atoms with Crippen molar-refractivity contribution in [3.63, 3.8) is 0 Å². The number of thiophene rings is 2. The molecule has 1 aromatic carbocycles. The van der Waals surface area contributed by atoms with Crippen molar-refractivity contribution >= 4 is 44.4 Å². The smallest absolute Gasteiger partial charge is 0.269 e. The SMILES string of the molecule is O=C(Nc1cccnc1)c1sccc1OCc1csc2ccccc12. The lowest BCUT2D eigenvalue weighted by Crippen LogP contribution is -2.11. The van der Waals surface area contributed by atoms with Gasteiger partial charge in [0.2, 0.25) is 0 Å². The van der Waals surface area contributed by atoms with E-state index < -0.39 is 0 Å². The molecule has 3 heterocycles. The van der Waals surface area contributed by atoms with Crippen molar-refractivity contribution in [1.29, 1.82) is 0 Å². The number of fused-ring (bicyclic) bond motifs is 1. The topological polar surface area (TPSA) is 51.2 Å². The average molecular weight is 366 g/mol. The number of aromatic nitrogens is 1. The van der Waals surface area contributed by atoms with Crippen molar-refractivity contribution in [1.82, 2.24) is 4.98 Å². The van der Waals surface area contributed by atoms with Crippen LogP contribution in [0.2, 0.25) is 0 Å². The van der Waals surface area contributed by atoms with E-state index in [-0.39, 0.29) is 5.91 Å². The summed E-state index contributed by atoms with van der Waals surface area (Å²) in [5.74, 6) is 0.412. The molecule has 4 nitrogen and oxygen atoms in total. The molecule has 3 aromatic heterocycles. The zero-order valence-electron chi connectivity index (χ0n) is 13.1. The van der Waals surface area contributed by atoms with E-state index in [1.54, 1.807) is 35.9 Å². The molecule has 25 heavy (non-hydrogen) atoms. The number of ether oxygens (including phenoxy) is 1. The molecule has 0 bridgehead atoms. The van der Waals surface area contributed by atoms with Crippen molar-refractivity contribution in [2.75, 3.05) is 5.32 Å². The number of amides is 1. The average Bonchev–Trinajstić information content (AvgIpc) is 3.27. The van der Waals surface area contributed by atoms with E-state index in [0.29, 0.717) is 22.9 Å². The molecule has 6 heteroatoms. The maximum absolute atomic E-state index is 12.5. The molecule has 4 rings (SSSR count). The summed E-state index contributed by atoms with van der Waals surface area (Å²) in [5, 5.41) is 8.00. The Labute approximate surface area is 152 Å². The lowest BCUT2D eigenvalue weighted by Gasteiger charge is -2.07. The third kappa shape index (κ3) is 3.40. The number of carbonyl (C=O) groups is 1. The molecule has 0 radical (unpaired) electrons. The minimum absolute atomic E-state index is 0.187. The lowest BCUT2D eigenvalue weighted by atomic mass is 10.2. The summed E-state index contributed by atoms with van der Waals surface area (Å²) in [6.45, 7) is 0.438. The summed E-state index contributed by atoms with van der Waals surface area (Å²) < 4.78 is 7.17. The third-order valence-corrected chi connectivity index (χ3v) is 5.61. The van der Waals surface area contributed by atoms with Gasteiger partial charge >= 0.3 is 0 Å². The summed E-state index contributed by atoms with van der Waals surface area (Å²) in [7, 11) is 0. The maximum atomic E-state index is 12.5. The van der Waals surface area contributed by atoms with Crippen LogP contribution in [0.4, 0.5) is 5.69 Å². The number of rotatable bonds is 5. The van der Waals surface area contributed by atoms with Crippen LogP contribution >= 0.6 is 22.7 Å². The third-order valence-electron chi connectivity index (χ3n) is 3.70. The first-order chi connectivity index (χ1) is 12.3. The van der Waals surface area contributed by atoms with E-state index in [9.17, 15) is 4.79 Å². The molecule has 4 aromatic rings. The summed E-state index contributed by atoms with van der Waals surface area (Å²) in [6, 6.07) is 13.7. The Morgan fingerprint density at radius 1 is 1.12 bits per heavy atom. The van der Waals surface area contributed by atoms with Crippen molar-refractivity contribution in [2.24, 2.45) is 0 Å². The minimum Gasteiger partial charge on any atom is -0.487 e. The van der Waals surface area contributed by atoms with E-state index in [1.807, 2.05) is 23.6 Å². The lowest BCUT2D eigenvalue weighted by molar-refractivity contribution is 0.102. The van der Waals surface area contributed by atoms with Crippen LogP contribution in [0.15, 0.2) is 65.6 Å². The molecule has 1 N–H and O–H groups in total. The van der Waals surface area contributed by atoms with E-state index in [4.69, 9.17) is 4.74 Å². The van der Waals surface area contributed by atoms with Gasteiger partial charge in [-0.2, -0.15) is 0 Å². The van der Waals surface area contributed by atoms with Gasteiger partial charge in [-0.15, -0.1) is 22.7 Å². The number of benzene rings is 1.